The number of carboxylic acids is 1. The normalized spacial score (nSPS) is 11.5. The van der Waals surface area contributed by atoms with Gasteiger partial charge in [-0.25, -0.2) is 4.68 Å². The highest BCUT2D eigenvalue weighted by Crippen LogP contribution is 2.26. The van der Waals surface area contributed by atoms with Crippen LogP contribution in [0.15, 0.2) is 24.3 Å². The van der Waals surface area contributed by atoms with Gasteiger partial charge in [0, 0.05) is 6.54 Å². The summed E-state index contributed by atoms with van der Waals surface area (Å²) < 4.78 is 7.19. The molecule has 8 heteroatoms. The molecule has 0 unspecified atom stereocenters. The lowest BCUT2D eigenvalue weighted by Crippen LogP contribution is -2.42. The van der Waals surface area contributed by atoms with Crippen LogP contribution in [-0.4, -0.2) is 44.6 Å². The molecule has 0 fully saturated rings. The van der Waals surface area contributed by atoms with Crippen LogP contribution in [0.2, 0.25) is 0 Å². The zero-order valence-electron chi connectivity index (χ0n) is 17.0. The zero-order valence-corrected chi connectivity index (χ0v) is 17.0. The number of carbonyl (C=O) groups is 2. The van der Waals surface area contributed by atoms with Crippen LogP contribution in [0.4, 0.5) is 0 Å². The molecular weight excluding hydrogens is 360 g/mol. The number of benzene rings is 1. The highest BCUT2D eigenvalue weighted by Gasteiger charge is 2.35. The summed E-state index contributed by atoms with van der Waals surface area (Å²) in [4.78, 5) is 24.1. The molecular formula is C20H28N4O4. The Morgan fingerprint density at radius 1 is 1.21 bits per heavy atom. The van der Waals surface area contributed by atoms with Crippen molar-refractivity contribution in [1.29, 1.82) is 0 Å². The van der Waals surface area contributed by atoms with Crippen molar-refractivity contribution in [3.8, 4) is 11.4 Å². The maximum absolute atomic E-state index is 12.5. The number of ether oxygens (including phenoxy) is 1. The van der Waals surface area contributed by atoms with Crippen molar-refractivity contribution in [3.05, 3.63) is 35.7 Å². The second kappa shape index (κ2) is 8.86. The van der Waals surface area contributed by atoms with Crippen LogP contribution in [0.25, 0.3) is 5.69 Å². The van der Waals surface area contributed by atoms with Gasteiger partial charge in [0.2, 0.25) is 0 Å². The van der Waals surface area contributed by atoms with E-state index in [1.165, 1.54) is 0 Å². The summed E-state index contributed by atoms with van der Waals surface area (Å²) in [6.45, 7) is 9.31. The second-order valence-electron chi connectivity index (χ2n) is 7.07. The monoisotopic (exact) mass is 388 g/mol. The van der Waals surface area contributed by atoms with Gasteiger partial charge in [-0.15, -0.1) is 5.10 Å². The minimum atomic E-state index is -0.980. The quantitative estimate of drug-likeness (QED) is 0.684. The first-order valence-corrected chi connectivity index (χ1v) is 9.45. The number of nitrogens with one attached hydrogen (secondary N) is 1. The molecule has 0 spiro atoms. The minimum Gasteiger partial charge on any atom is -0.491 e. The van der Waals surface area contributed by atoms with Gasteiger partial charge in [0.05, 0.1) is 22.9 Å². The molecule has 1 heterocycles. The van der Waals surface area contributed by atoms with E-state index >= 15 is 0 Å². The molecule has 0 saturated heterocycles. The summed E-state index contributed by atoms with van der Waals surface area (Å²) in [6.07, 6.45) is 0.934. The fourth-order valence-electron chi connectivity index (χ4n) is 2.93. The second-order valence-corrected chi connectivity index (χ2v) is 7.07. The molecule has 0 bridgehead atoms. The van der Waals surface area contributed by atoms with E-state index in [-0.39, 0.29) is 18.3 Å². The van der Waals surface area contributed by atoms with Crippen molar-refractivity contribution in [2.75, 3.05) is 6.54 Å². The van der Waals surface area contributed by atoms with Crippen LogP contribution < -0.4 is 10.1 Å². The van der Waals surface area contributed by atoms with E-state index in [4.69, 9.17) is 4.74 Å². The molecule has 2 aromatic rings. The SMILES string of the molecule is CCC(CC)(CNC(=O)c1nnn(-c2ccc(OC(C)C)cc2)c1C)C(=O)O. The van der Waals surface area contributed by atoms with Crippen molar-refractivity contribution in [2.45, 2.75) is 53.6 Å². The minimum absolute atomic E-state index is 0.0434. The molecule has 28 heavy (non-hydrogen) atoms. The molecule has 152 valence electrons. The first-order valence-electron chi connectivity index (χ1n) is 9.45. The van der Waals surface area contributed by atoms with Crippen molar-refractivity contribution in [3.63, 3.8) is 0 Å². The van der Waals surface area contributed by atoms with Crippen LogP contribution in [0, 0.1) is 12.3 Å². The van der Waals surface area contributed by atoms with E-state index in [9.17, 15) is 14.7 Å². The summed E-state index contributed by atoms with van der Waals surface area (Å²) in [6, 6.07) is 7.34. The van der Waals surface area contributed by atoms with Crippen LogP contribution in [0.3, 0.4) is 0 Å². The van der Waals surface area contributed by atoms with Crippen LogP contribution >= 0.6 is 0 Å². The highest BCUT2D eigenvalue weighted by atomic mass is 16.5. The fraction of sp³-hybridized carbons (Fsp3) is 0.500. The summed E-state index contributed by atoms with van der Waals surface area (Å²) in [5.41, 5.74) is 0.520. The lowest BCUT2D eigenvalue weighted by Gasteiger charge is -2.26. The number of hydrogen-bond acceptors (Lipinski definition) is 5. The molecule has 1 amide bonds. The van der Waals surface area contributed by atoms with Gasteiger partial charge in [-0.2, -0.15) is 0 Å². The van der Waals surface area contributed by atoms with E-state index in [0.29, 0.717) is 18.5 Å². The van der Waals surface area contributed by atoms with Gasteiger partial charge in [0.15, 0.2) is 5.69 Å². The average Bonchev–Trinajstić information content (AvgIpc) is 3.04. The number of nitrogens with zero attached hydrogens (tertiary/aromatic N) is 3. The molecule has 0 aliphatic rings. The van der Waals surface area contributed by atoms with E-state index in [1.54, 1.807) is 25.5 Å². The van der Waals surface area contributed by atoms with Crippen LogP contribution in [-0.2, 0) is 4.79 Å². The van der Waals surface area contributed by atoms with E-state index in [0.717, 1.165) is 11.4 Å². The van der Waals surface area contributed by atoms with Crippen molar-refractivity contribution >= 4 is 11.9 Å². The lowest BCUT2D eigenvalue weighted by molar-refractivity contribution is -0.149. The third-order valence-electron chi connectivity index (χ3n) is 4.96. The predicted molar refractivity (Wildman–Crippen MR) is 105 cm³/mol. The Bertz CT molecular complexity index is 823. The Hall–Kier alpha value is -2.90. The number of aliphatic carboxylic acids is 1. The predicted octanol–water partition coefficient (Wildman–Crippen LogP) is 2.98. The Labute approximate surface area is 164 Å². The number of amides is 1. The Morgan fingerprint density at radius 3 is 2.32 bits per heavy atom. The summed E-state index contributed by atoms with van der Waals surface area (Å²) in [5, 5.41) is 20.3. The summed E-state index contributed by atoms with van der Waals surface area (Å²) in [7, 11) is 0. The van der Waals surface area contributed by atoms with Crippen molar-refractivity contribution < 1.29 is 19.4 Å². The lowest BCUT2D eigenvalue weighted by atomic mass is 9.82. The van der Waals surface area contributed by atoms with E-state index in [1.807, 2.05) is 38.1 Å². The first kappa shape index (κ1) is 21.4. The van der Waals surface area contributed by atoms with Crippen LogP contribution in [0.1, 0.15) is 56.7 Å². The maximum atomic E-state index is 12.5. The topological polar surface area (TPSA) is 106 Å². The van der Waals surface area contributed by atoms with Gasteiger partial charge in [0.1, 0.15) is 5.75 Å². The van der Waals surface area contributed by atoms with Gasteiger partial charge in [-0.3, -0.25) is 9.59 Å². The largest absolute Gasteiger partial charge is 0.491 e. The molecule has 2 rings (SSSR count). The average molecular weight is 388 g/mol. The molecule has 2 N–H and O–H groups in total. The Morgan fingerprint density at radius 2 is 1.82 bits per heavy atom. The number of aromatic nitrogens is 3. The number of carboxylic acid groups (broad SMARTS) is 1. The molecule has 0 atom stereocenters. The van der Waals surface area contributed by atoms with Gasteiger partial charge in [0.25, 0.3) is 5.91 Å². The number of carbonyl (C=O) groups excluding carboxylic acids is 1. The summed E-state index contributed by atoms with van der Waals surface area (Å²) >= 11 is 0. The highest BCUT2D eigenvalue weighted by molar-refractivity contribution is 5.93. The third-order valence-corrected chi connectivity index (χ3v) is 4.96. The Balaban J connectivity index is 2.15. The molecule has 0 aliphatic heterocycles. The molecule has 1 aromatic carbocycles. The van der Waals surface area contributed by atoms with E-state index in [2.05, 4.69) is 15.6 Å². The zero-order chi connectivity index (χ0) is 20.9. The van der Waals surface area contributed by atoms with E-state index < -0.39 is 17.3 Å². The number of hydrogen-bond donors (Lipinski definition) is 2. The number of rotatable bonds is 9. The third kappa shape index (κ3) is 4.49. The van der Waals surface area contributed by atoms with Crippen molar-refractivity contribution in [1.82, 2.24) is 20.3 Å². The maximum Gasteiger partial charge on any atom is 0.311 e. The van der Waals surface area contributed by atoms with Crippen molar-refractivity contribution in [2.24, 2.45) is 5.41 Å². The smallest absolute Gasteiger partial charge is 0.311 e. The van der Waals surface area contributed by atoms with Gasteiger partial charge < -0.3 is 15.2 Å². The first-order chi connectivity index (χ1) is 13.2. The fourth-order valence-corrected chi connectivity index (χ4v) is 2.93. The Kier molecular flexibility index (Phi) is 6.77. The van der Waals surface area contributed by atoms with Gasteiger partial charge in [-0.05, 0) is 57.9 Å². The van der Waals surface area contributed by atoms with Gasteiger partial charge >= 0.3 is 5.97 Å². The van der Waals surface area contributed by atoms with Crippen LogP contribution in [0.5, 0.6) is 5.75 Å². The molecule has 0 saturated carbocycles. The summed E-state index contributed by atoms with van der Waals surface area (Å²) in [5.74, 6) is -0.600. The standard InChI is InChI=1S/C20H28N4O4/c1-6-20(7-2,19(26)27)12-21-18(25)17-14(5)24(23-22-17)15-8-10-16(11-9-15)28-13(3)4/h8-11,13H,6-7,12H2,1-5H3,(H,21,25)(H,26,27). The molecule has 0 aliphatic carbocycles. The molecule has 8 nitrogen and oxygen atoms in total. The molecule has 1 aromatic heterocycles. The van der Waals surface area contributed by atoms with Gasteiger partial charge in [-0.1, -0.05) is 19.1 Å². The molecule has 0 radical (unpaired) electrons.